The standard InChI is InChI=1S/C11H8F2N2O3S2/c1-6-2-8(13)10(3-7(6)12)20(17,18)15-11(16)9-4-19-5-14-9/h2-5H,1H3,(H,15,16). The summed E-state index contributed by atoms with van der Waals surface area (Å²) >= 11 is 1.10. The minimum atomic E-state index is -4.51. The number of halogens is 2. The molecule has 2 rings (SSSR count). The molecule has 0 fully saturated rings. The number of rotatable bonds is 3. The fourth-order valence-electron chi connectivity index (χ4n) is 1.39. The van der Waals surface area contributed by atoms with Crippen LogP contribution in [0.15, 0.2) is 27.9 Å². The lowest BCUT2D eigenvalue weighted by molar-refractivity contribution is 0.0977. The molecule has 1 amide bonds. The van der Waals surface area contributed by atoms with Crippen LogP contribution in [0.4, 0.5) is 8.78 Å². The van der Waals surface area contributed by atoms with Gasteiger partial charge in [-0.1, -0.05) is 0 Å². The smallest absolute Gasteiger partial charge is 0.266 e. The molecule has 0 bridgehead atoms. The number of thiazole rings is 1. The molecule has 20 heavy (non-hydrogen) atoms. The number of aromatic nitrogens is 1. The zero-order valence-corrected chi connectivity index (χ0v) is 11.7. The Morgan fingerprint density at radius 1 is 1.30 bits per heavy atom. The van der Waals surface area contributed by atoms with Crippen LogP contribution >= 0.6 is 11.3 Å². The molecular weight excluding hydrogens is 310 g/mol. The lowest BCUT2D eigenvalue weighted by Crippen LogP contribution is -2.31. The van der Waals surface area contributed by atoms with Crippen LogP contribution in [-0.4, -0.2) is 19.3 Å². The van der Waals surface area contributed by atoms with Gasteiger partial charge in [-0.3, -0.25) is 4.79 Å². The first kappa shape index (κ1) is 14.5. The normalized spacial score (nSPS) is 11.3. The number of nitrogens with one attached hydrogen (secondary N) is 1. The molecule has 0 unspecified atom stereocenters. The lowest BCUT2D eigenvalue weighted by Gasteiger charge is -2.08. The summed E-state index contributed by atoms with van der Waals surface area (Å²) in [7, 11) is -4.51. The molecule has 0 aliphatic heterocycles. The highest BCUT2D eigenvalue weighted by atomic mass is 32.2. The highest BCUT2D eigenvalue weighted by molar-refractivity contribution is 7.90. The summed E-state index contributed by atoms with van der Waals surface area (Å²) in [6.45, 7) is 1.29. The second-order valence-electron chi connectivity index (χ2n) is 3.84. The van der Waals surface area contributed by atoms with Gasteiger partial charge in [-0.2, -0.15) is 0 Å². The number of carbonyl (C=O) groups excluding carboxylic acids is 1. The number of carbonyl (C=O) groups is 1. The zero-order valence-electron chi connectivity index (χ0n) is 10.1. The fourth-order valence-corrected chi connectivity index (χ4v) is 2.95. The fraction of sp³-hybridized carbons (Fsp3) is 0.0909. The van der Waals surface area contributed by atoms with E-state index in [0.29, 0.717) is 6.07 Å². The Bertz CT molecular complexity index is 758. The van der Waals surface area contributed by atoms with Crippen molar-refractivity contribution in [3.05, 3.63) is 45.9 Å². The quantitative estimate of drug-likeness (QED) is 0.937. The maximum absolute atomic E-state index is 13.6. The number of hydrogen-bond donors (Lipinski definition) is 1. The van der Waals surface area contributed by atoms with Gasteiger partial charge in [-0.25, -0.2) is 26.9 Å². The first-order valence-corrected chi connectivity index (χ1v) is 7.65. The third-order valence-electron chi connectivity index (χ3n) is 2.39. The molecule has 2 aromatic rings. The Hall–Kier alpha value is -1.87. The summed E-state index contributed by atoms with van der Waals surface area (Å²) in [5, 5.41) is 1.33. The summed E-state index contributed by atoms with van der Waals surface area (Å²) in [6.07, 6.45) is 0. The van der Waals surface area contributed by atoms with E-state index in [0.717, 1.165) is 17.4 Å². The van der Waals surface area contributed by atoms with Gasteiger partial charge in [0, 0.05) is 5.38 Å². The van der Waals surface area contributed by atoms with Crippen molar-refractivity contribution in [2.24, 2.45) is 0 Å². The van der Waals surface area contributed by atoms with Crippen molar-refractivity contribution in [1.29, 1.82) is 0 Å². The first-order valence-electron chi connectivity index (χ1n) is 5.22. The average molecular weight is 318 g/mol. The summed E-state index contributed by atoms with van der Waals surface area (Å²) in [5.74, 6) is -3.03. The van der Waals surface area contributed by atoms with E-state index in [-0.39, 0.29) is 11.3 Å². The summed E-state index contributed by atoms with van der Waals surface area (Å²) in [4.78, 5) is 14.3. The van der Waals surface area contributed by atoms with Crippen LogP contribution in [-0.2, 0) is 10.0 Å². The van der Waals surface area contributed by atoms with Crippen molar-refractivity contribution in [3.63, 3.8) is 0 Å². The molecule has 1 heterocycles. The Labute approximate surface area is 117 Å². The van der Waals surface area contributed by atoms with Crippen LogP contribution in [0.25, 0.3) is 0 Å². The minimum Gasteiger partial charge on any atom is -0.266 e. The number of hydrogen-bond acceptors (Lipinski definition) is 5. The van der Waals surface area contributed by atoms with E-state index in [1.54, 1.807) is 4.72 Å². The Morgan fingerprint density at radius 2 is 2.00 bits per heavy atom. The van der Waals surface area contributed by atoms with Gasteiger partial charge in [0.15, 0.2) is 0 Å². The van der Waals surface area contributed by atoms with Crippen LogP contribution in [0.1, 0.15) is 16.1 Å². The van der Waals surface area contributed by atoms with Crippen molar-refractivity contribution in [2.45, 2.75) is 11.8 Å². The highest BCUT2D eigenvalue weighted by Gasteiger charge is 2.24. The van der Waals surface area contributed by atoms with Gasteiger partial charge in [0.2, 0.25) is 0 Å². The number of benzene rings is 1. The number of amides is 1. The monoisotopic (exact) mass is 318 g/mol. The van der Waals surface area contributed by atoms with E-state index in [4.69, 9.17) is 0 Å². The van der Waals surface area contributed by atoms with E-state index in [2.05, 4.69) is 4.98 Å². The predicted molar refractivity (Wildman–Crippen MR) is 67.9 cm³/mol. The molecule has 0 aliphatic carbocycles. The van der Waals surface area contributed by atoms with Gasteiger partial charge in [-0.05, 0) is 24.6 Å². The van der Waals surface area contributed by atoms with E-state index >= 15 is 0 Å². The van der Waals surface area contributed by atoms with Crippen molar-refractivity contribution in [2.75, 3.05) is 0 Å². The number of aryl methyl sites for hydroxylation is 1. The van der Waals surface area contributed by atoms with Crippen LogP contribution in [0.2, 0.25) is 0 Å². The third-order valence-corrected chi connectivity index (χ3v) is 4.33. The van der Waals surface area contributed by atoms with Crippen molar-refractivity contribution >= 4 is 27.3 Å². The Balaban J connectivity index is 2.36. The molecule has 0 saturated heterocycles. The van der Waals surface area contributed by atoms with Crippen LogP contribution in [0, 0.1) is 18.6 Å². The van der Waals surface area contributed by atoms with Crippen LogP contribution in [0.5, 0.6) is 0 Å². The van der Waals surface area contributed by atoms with E-state index in [1.165, 1.54) is 17.8 Å². The molecule has 0 aliphatic rings. The molecule has 5 nitrogen and oxygen atoms in total. The Morgan fingerprint density at radius 3 is 2.60 bits per heavy atom. The SMILES string of the molecule is Cc1cc(F)c(S(=O)(=O)NC(=O)c2cscn2)cc1F. The molecular formula is C11H8F2N2O3S2. The Kier molecular flexibility index (Phi) is 3.82. The molecule has 0 spiro atoms. The zero-order chi connectivity index (χ0) is 14.9. The van der Waals surface area contributed by atoms with Crippen molar-refractivity contribution in [3.8, 4) is 0 Å². The molecule has 1 N–H and O–H groups in total. The molecule has 0 radical (unpaired) electrons. The molecule has 0 saturated carbocycles. The molecule has 1 aromatic carbocycles. The topological polar surface area (TPSA) is 76.1 Å². The van der Waals surface area contributed by atoms with Gasteiger partial charge in [-0.15, -0.1) is 11.3 Å². The van der Waals surface area contributed by atoms with Crippen molar-refractivity contribution < 1.29 is 22.0 Å². The summed E-state index contributed by atoms with van der Waals surface area (Å²) < 4.78 is 52.3. The predicted octanol–water partition coefficient (Wildman–Crippen LogP) is 1.85. The first-order chi connectivity index (χ1) is 9.31. The molecule has 1 aromatic heterocycles. The van der Waals surface area contributed by atoms with E-state index in [9.17, 15) is 22.0 Å². The molecule has 106 valence electrons. The molecule has 0 atom stereocenters. The van der Waals surface area contributed by atoms with E-state index in [1.807, 2.05) is 0 Å². The minimum absolute atomic E-state index is 0.0349. The second kappa shape index (κ2) is 5.25. The lowest BCUT2D eigenvalue weighted by atomic mass is 10.2. The van der Waals surface area contributed by atoms with Gasteiger partial charge in [0.05, 0.1) is 5.51 Å². The van der Waals surface area contributed by atoms with Gasteiger partial charge in [0.25, 0.3) is 15.9 Å². The largest absolute Gasteiger partial charge is 0.284 e. The maximum Gasteiger partial charge on any atom is 0.284 e. The summed E-state index contributed by atoms with van der Waals surface area (Å²) in [5.41, 5.74) is 1.19. The van der Waals surface area contributed by atoms with Crippen molar-refractivity contribution in [1.82, 2.24) is 9.71 Å². The average Bonchev–Trinajstić information content (AvgIpc) is 2.86. The highest BCUT2D eigenvalue weighted by Crippen LogP contribution is 2.19. The molecule has 9 heteroatoms. The maximum atomic E-state index is 13.6. The van der Waals surface area contributed by atoms with Crippen LogP contribution < -0.4 is 4.72 Å². The second-order valence-corrected chi connectivity index (χ2v) is 6.21. The van der Waals surface area contributed by atoms with Gasteiger partial charge < -0.3 is 0 Å². The summed E-state index contributed by atoms with van der Waals surface area (Å²) in [6, 6.07) is 1.28. The number of nitrogens with zero attached hydrogens (tertiary/aromatic N) is 1. The van der Waals surface area contributed by atoms with Gasteiger partial charge >= 0.3 is 0 Å². The number of sulfonamides is 1. The van der Waals surface area contributed by atoms with Gasteiger partial charge in [0.1, 0.15) is 22.2 Å². The third kappa shape index (κ3) is 2.83. The van der Waals surface area contributed by atoms with E-state index < -0.39 is 32.5 Å². The van der Waals surface area contributed by atoms with Crippen LogP contribution in [0.3, 0.4) is 0 Å².